The average molecular weight is 918 g/mol. The number of carbonyl (C=O) groups is 2. The van der Waals surface area contributed by atoms with Crippen molar-refractivity contribution < 1.29 is 54.1 Å². The quantitative estimate of drug-likeness (QED) is 0.122. The maximum absolute atomic E-state index is 11.0. The molecule has 0 bridgehead atoms. The molecule has 0 aromatic carbocycles. The molecule has 0 spiro atoms. The Morgan fingerprint density at radius 3 is 0.615 bits per heavy atom. The van der Waals surface area contributed by atoms with Crippen molar-refractivity contribution >= 4 is 87.3 Å². The van der Waals surface area contributed by atoms with Crippen molar-refractivity contribution in [2.45, 2.75) is 198 Å². The zero-order chi connectivity index (χ0) is 35.9. The normalized spacial score (nSPS) is 11.8. The van der Waals surface area contributed by atoms with Crippen molar-refractivity contribution in [2.75, 3.05) is 0 Å². The van der Waals surface area contributed by atoms with E-state index < -0.39 is 87.3 Å². The summed E-state index contributed by atoms with van der Waals surface area (Å²) in [7, 11) is -20.6. The Labute approximate surface area is 337 Å². The fraction of sp³-hybridized carbons (Fsp3) is 0.935. The summed E-state index contributed by atoms with van der Waals surface area (Å²) in [6.45, 7) is 37.7. The molecular formula is C31H100O12Si9. The van der Waals surface area contributed by atoms with Crippen molar-refractivity contribution in [3.05, 3.63) is 0 Å². The van der Waals surface area contributed by atoms with E-state index in [2.05, 4.69) is 52.4 Å². The topological polar surface area (TPSA) is 170 Å². The molecule has 0 saturated heterocycles. The molecule has 12 nitrogen and oxygen atoms in total. The van der Waals surface area contributed by atoms with Crippen molar-refractivity contribution in [1.82, 2.24) is 0 Å². The molecule has 4 N–H and O–H groups in total. The molecule has 0 fully saturated rings. The summed E-state index contributed by atoms with van der Waals surface area (Å²) in [5.41, 5.74) is -1.92. The Hall–Kier alpha value is 0.572. The lowest BCUT2D eigenvalue weighted by Gasteiger charge is -2.35. The van der Waals surface area contributed by atoms with Crippen molar-refractivity contribution in [3.8, 4) is 0 Å². The lowest BCUT2D eigenvalue weighted by molar-refractivity contribution is 0.210. The molecule has 21 heteroatoms. The van der Waals surface area contributed by atoms with Gasteiger partial charge in [-0.05, 0) is 131 Å². The van der Waals surface area contributed by atoms with Crippen LogP contribution in [0.15, 0.2) is 0 Å². The first kappa shape index (κ1) is 84.9. The Kier molecular flexibility index (Phi) is 48.6. The molecule has 0 aromatic heterocycles. The number of hydrogen-bond donors (Lipinski definition) is 4. The molecule has 0 aliphatic heterocycles. The van der Waals surface area contributed by atoms with Crippen molar-refractivity contribution in [2.24, 2.45) is 0 Å². The Bertz CT molecular complexity index is 788. The van der Waals surface area contributed by atoms with Crippen molar-refractivity contribution in [1.29, 1.82) is 0 Å². The van der Waals surface area contributed by atoms with Crippen LogP contribution in [0.1, 0.15) is 66.8 Å². The van der Waals surface area contributed by atoms with E-state index in [4.69, 9.17) is 34.9 Å². The van der Waals surface area contributed by atoms with E-state index in [-0.39, 0.29) is 66.8 Å². The molecule has 0 unspecified atom stereocenters. The van der Waals surface area contributed by atoms with Crippen LogP contribution in [0.5, 0.6) is 0 Å². The zero-order valence-electron chi connectivity index (χ0n) is 30.6. The van der Waals surface area contributed by atoms with E-state index in [0.717, 1.165) is 0 Å². The maximum atomic E-state index is 11.0. The minimum Gasteiger partial charge on any atom is -0.484 e. The maximum Gasteiger partial charge on any atom is 0.320 e. The standard InChI is InChI=1S/C8H20O6Si3.C8H24O2Si3.C6H20O4Si3.9CH4/c1-15(2,7(9)10)13-17(5,6)14-16(3,4)8(11)12;1-11(2,3)9-13(7,8)10-12(4,5)6;1-11(2,7)9-13(5,6)10-12(3,4)8;;;;;;;;;/h1-6H3,(H,9,10)(H,11,12);1-8H3;7-8H,1-6H3;9*1H4. The van der Waals surface area contributed by atoms with Crippen LogP contribution in [-0.2, 0) is 24.7 Å². The first-order valence-electron chi connectivity index (χ1n) is 14.3. The Morgan fingerprint density at radius 1 is 0.327 bits per heavy atom. The smallest absolute Gasteiger partial charge is 0.320 e. The van der Waals surface area contributed by atoms with E-state index >= 15 is 0 Å². The fourth-order valence-corrected chi connectivity index (χ4v) is 37.6. The highest BCUT2D eigenvalue weighted by atomic mass is 28.5. The highest BCUT2D eigenvalue weighted by Gasteiger charge is 2.46. The van der Waals surface area contributed by atoms with Gasteiger partial charge in [0.2, 0.25) is 0 Å². The van der Waals surface area contributed by atoms with Crippen LogP contribution in [0.2, 0.25) is 131 Å². The second kappa shape index (κ2) is 29.8. The Morgan fingerprint density at radius 2 is 0.481 bits per heavy atom. The lowest BCUT2D eigenvalue weighted by Crippen LogP contribution is -2.57. The van der Waals surface area contributed by atoms with Gasteiger partial charge < -0.3 is 44.5 Å². The molecular weight excluding hydrogens is 817 g/mol. The number of rotatable bonds is 14. The van der Waals surface area contributed by atoms with Gasteiger partial charge in [-0.2, -0.15) is 0 Å². The minimum absolute atomic E-state index is 0. The van der Waals surface area contributed by atoms with Crippen LogP contribution in [0.4, 0.5) is 9.59 Å². The molecule has 0 aliphatic rings. The number of carboxylic acid groups (broad SMARTS) is 2. The van der Waals surface area contributed by atoms with E-state index in [0.29, 0.717) is 0 Å². The molecule has 0 atom stereocenters. The minimum atomic E-state index is -2.87. The van der Waals surface area contributed by atoms with Crippen LogP contribution in [0, 0.1) is 0 Å². The van der Waals surface area contributed by atoms with Gasteiger partial charge in [-0.25, -0.2) is 0 Å². The second-order valence-corrected chi connectivity index (χ2v) is 50.0. The molecule has 0 aliphatic carbocycles. The predicted molar refractivity (Wildman–Crippen MR) is 257 cm³/mol. The van der Waals surface area contributed by atoms with Gasteiger partial charge in [0.05, 0.1) is 0 Å². The van der Waals surface area contributed by atoms with Crippen LogP contribution in [0.25, 0.3) is 0 Å². The third-order valence-electron chi connectivity index (χ3n) is 4.13. The summed E-state index contributed by atoms with van der Waals surface area (Å²) >= 11 is 0. The van der Waals surface area contributed by atoms with Crippen LogP contribution >= 0.6 is 0 Å². The first-order valence-corrected chi connectivity index (χ1v) is 41.0. The first-order chi connectivity index (χ1) is 18.1. The van der Waals surface area contributed by atoms with Crippen LogP contribution in [-0.4, -0.2) is 107 Å². The largest absolute Gasteiger partial charge is 0.484 e. The lowest BCUT2D eigenvalue weighted by atomic mass is 11.6. The summed E-state index contributed by atoms with van der Waals surface area (Å²) in [5, 5.41) is 18.0. The summed E-state index contributed by atoms with van der Waals surface area (Å²) < 4.78 is 34.4. The molecule has 52 heavy (non-hydrogen) atoms. The zero-order valence-corrected chi connectivity index (χ0v) is 39.6. The molecule has 0 saturated carbocycles. The van der Waals surface area contributed by atoms with E-state index in [9.17, 15) is 19.2 Å². The molecule has 0 amide bonds. The molecule has 332 valence electrons. The fourth-order valence-electron chi connectivity index (χ4n) is 4.06. The van der Waals surface area contributed by atoms with Gasteiger partial charge in [-0.3, -0.25) is 9.59 Å². The van der Waals surface area contributed by atoms with E-state index in [1.807, 2.05) is 13.1 Å². The van der Waals surface area contributed by atoms with Gasteiger partial charge in [-0.1, -0.05) is 66.8 Å². The van der Waals surface area contributed by atoms with Crippen LogP contribution in [0.3, 0.4) is 0 Å². The summed E-state index contributed by atoms with van der Waals surface area (Å²) in [5.74, 6) is 0. The predicted octanol–water partition coefficient (Wildman–Crippen LogP) is 12.9. The molecule has 0 aromatic rings. The summed E-state index contributed by atoms with van der Waals surface area (Å²) in [6, 6.07) is 0. The third kappa shape index (κ3) is 52.7. The Balaban J connectivity index is -0.0000000429. The highest BCUT2D eigenvalue weighted by molar-refractivity contribution is 7.06. The van der Waals surface area contributed by atoms with Gasteiger partial charge >= 0.3 is 59.4 Å². The molecule has 0 rings (SSSR count). The van der Waals surface area contributed by atoms with Gasteiger partial charge in [0, 0.05) is 0 Å². The molecule has 0 radical (unpaired) electrons. The highest BCUT2D eigenvalue weighted by Crippen LogP contribution is 2.22. The van der Waals surface area contributed by atoms with E-state index in [1.165, 1.54) is 0 Å². The van der Waals surface area contributed by atoms with Gasteiger partial charge in [-0.15, -0.1) is 0 Å². The second-order valence-electron chi connectivity index (χ2n) is 15.6. The van der Waals surface area contributed by atoms with Gasteiger partial charge in [0.15, 0.2) is 16.6 Å². The van der Waals surface area contributed by atoms with Crippen molar-refractivity contribution in [3.63, 3.8) is 0 Å². The average Bonchev–Trinajstić information content (AvgIpc) is 2.50. The summed E-state index contributed by atoms with van der Waals surface area (Å²) in [4.78, 5) is 41.1. The van der Waals surface area contributed by atoms with Crippen LogP contribution < -0.4 is 0 Å². The third-order valence-corrected chi connectivity index (χ3v) is 31.0. The monoisotopic (exact) mass is 917 g/mol. The summed E-state index contributed by atoms with van der Waals surface area (Å²) in [6.07, 6.45) is 0. The number of hydrogen-bond acceptors (Lipinski definition) is 10. The van der Waals surface area contributed by atoms with Gasteiger partial charge in [0.25, 0.3) is 11.2 Å². The van der Waals surface area contributed by atoms with Gasteiger partial charge in [0.1, 0.15) is 0 Å². The van der Waals surface area contributed by atoms with E-state index in [1.54, 1.807) is 65.5 Å². The SMILES string of the molecule is C.C.C.C.C.C.C.C.C.C[Si](C)(C)O[Si](C)(C)O[Si](C)(C)C.C[Si](C)(O)O[Si](C)(C)O[Si](C)(C)O.C[Si](C)(O[Si](C)(C)C(=O)O)O[Si](C)(C)C(=O)O. The molecule has 0 heterocycles.